The lowest BCUT2D eigenvalue weighted by Crippen LogP contribution is -2.19. The average Bonchev–Trinajstić information content (AvgIpc) is 2.81. The van der Waals surface area contributed by atoms with Gasteiger partial charge in [-0.3, -0.25) is 0 Å². The number of unbranched alkanes of at least 4 members (excludes halogenated alkanes) is 18. The lowest BCUT2D eigenvalue weighted by Gasteiger charge is -2.08. The van der Waals surface area contributed by atoms with Crippen LogP contribution >= 0.6 is 21.6 Å². The fraction of sp³-hybridized carbons (Fsp3) is 1.00. The minimum absolute atomic E-state index is 0.211. The first-order chi connectivity index (χ1) is 15.8. The van der Waals surface area contributed by atoms with E-state index in [9.17, 15) is 0 Å². The fourth-order valence-corrected chi connectivity index (χ4v) is 6.11. The molecule has 0 saturated carbocycles. The second kappa shape index (κ2) is 29.6. The van der Waals surface area contributed by atoms with Crippen LogP contribution in [0.3, 0.4) is 0 Å². The second-order valence-electron chi connectivity index (χ2n) is 9.27. The number of ether oxygens (including phenoxy) is 1. The zero-order valence-electron chi connectivity index (χ0n) is 21.4. The summed E-state index contributed by atoms with van der Waals surface area (Å²) in [5.74, 6) is 2.68. The van der Waals surface area contributed by atoms with Crippen LogP contribution in [0.5, 0.6) is 0 Å². The van der Waals surface area contributed by atoms with E-state index in [4.69, 9.17) is 14.9 Å². The number of hydrogen-bond acceptors (Lipinski definition) is 5. The van der Waals surface area contributed by atoms with Crippen LogP contribution in [-0.2, 0) is 4.74 Å². The molecule has 0 aliphatic heterocycles. The standard InChI is InChI=1S/C27H56O3S2/c1-2-3-4-5-6-7-11-14-17-20-23-31-32-24-21-18-15-12-9-8-10-13-16-19-22-30-26-27(29)25-28/h27-29H,2-26H2,1H3. The molecule has 0 saturated heterocycles. The summed E-state index contributed by atoms with van der Waals surface area (Å²) in [7, 11) is 4.20. The fourth-order valence-electron chi connectivity index (χ4n) is 3.82. The van der Waals surface area contributed by atoms with Crippen molar-refractivity contribution in [2.45, 2.75) is 141 Å². The first-order valence-electron chi connectivity index (χ1n) is 13.9. The van der Waals surface area contributed by atoms with Crippen LogP contribution in [0.15, 0.2) is 0 Å². The molecule has 194 valence electrons. The van der Waals surface area contributed by atoms with Crippen molar-refractivity contribution in [3.05, 3.63) is 0 Å². The highest BCUT2D eigenvalue weighted by Crippen LogP contribution is 2.25. The molecule has 0 bridgehead atoms. The van der Waals surface area contributed by atoms with Crippen molar-refractivity contribution in [2.75, 3.05) is 31.3 Å². The minimum atomic E-state index is -0.721. The minimum Gasteiger partial charge on any atom is -0.394 e. The van der Waals surface area contributed by atoms with E-state index in [1.54, 1.807) is 0 Å². The molecular formula is C27H56O3S2. The molecule has 2 N–H and O–H groups in total. The van der Waals surface area contributed by atoms with Crippen LogP contribution in [0.1, 0.15) is 135 Å². The molecule has 0 fully saturated rings. The topological polar surface area (TPSA) is 49.7 Å². The van der Waals surface area contributed by atoms with Crippen molar-refractivity contribution in [1.82, 2.24) is 0 Å². The summed E-state index contributed by atoms with van der Waals surface area (Å²) in [5, 5.41) is 17.9. The van der Waals surface area contributed by atoms with Crippen LogP contribution in [0, 0.1) is 0 Å². The highest BCUT2D eigenvalue weighted by Gasteiger charge is 2.01. The van der Waals surface area contributed by atoms with Gasteiger partial charge in [-0.1, -0.05) is 138 Å². The quantitative estimate of drug-likeness (QED) is 0.0846. The predicted octanol–water partition coefficient (Wildman–Crippen LogP) is 8.56. The normalized spacial score (nSPS) is 12.5. The van der Waals surface area contributed by atoms with Crippen molar-refractivity contribution < 1.29 is 14.9 Å². The lowest BCUT2D eigenvalue weighted by atomic mass is 10.1. The van der Waals surface area contributed by atoms with Gasteiger partial charge in [0.1, 0.15) is 6.10 Å². The Morgan fingerprint density at radius 2 is 0.938 bits per heavy atom. The van der Waals surface area contributed by atoms with Gasteiger partial charge in [0.2, 0.25) is 0 Å². The van der Waals surface area contributed by atoms with Gasteiger partial charge in [0.15, 0.2) is 0 Å². The van der Waals surface area contributed by atoms with Crippen LogP contribution < -0.4 is 0 Å². The summed E-state index contributed by atoms with van der Waals surface area (Å²) < 4.78 is 5.32. The zero-order valence-corrected chi connectivity index (χ0v) is 23.0. The molecule has 5 heteroatoms. The van der Waals surface area contributed by atoms with Gasteiger partial charge in [-0.15, -0.1) is 0 Å². The molecule has 0 aromatic carbocycles. The lowest BCUT2D eigenvalue weighted by molar-refractivity contribution is 0.00526. The van der Waals surface area contributed by atoms with E-state index in [-0.39, 0.29) is 13.2 Å². The van der Waals surface area contributed by atoms with Crippen molar-refractivity contribution in [3.63, 3.8) is 0 Å². The van der Waals surface area contributed by atoms with Gasteiger partial charge in [0, 0.05) is 18.1 Å². The van der Waals surface area contributed by atoms with Crippen LogP contribution in [-0.4, -0.2) is 47.6 Å². The van der Waals surface area contributed by atoms with Crippen molar-refractivity contribution in [1.29, 1.82) is 0 Å². The molecule has 0 rings (SSSR count). The Morgan fingerprint density at radius 1 is 0.562 bits per heavy atom. The average molecular weight is 493 g/mol. The third kappa shape index (κ3) is 28.6. The molecule has 3 nitrogen and oxygen atoms in total. The summed E-state index contributed by atoms with van der Waals surface area (Å²) in [4.78, 5) is 0. The molecule has 0 amide bonds. The summed E-state index contributed by atoms with van der Waals surface area (Å²) in [5.41, 5.74) is 0. The van der Waals surface area contributed by atoms with Crippen LogP contribution in [0.25, 0.3) is 0 Å². The third-order valence-corrected chi connectivity index (χ3v) is 8.53. The predicted molar refractivity (Wildman–Crippen MR) is 147 cm³/mol. The molecule has 0 aliphatic rings. The van der Waals surface area contributed by atoms with Gasteiger partial charge in [-0.05, 0) is 19.3 Å². The monoisotopic (exact) mass is 492 g/mol. The third-order valence-electron chi connectivity index (χ3n) is 5.95. The maximum Gasteiger partial charge on any atom is 0.100 e. The Balaban J connectivity index is 3.01. The van der Waals surface area contributed by atoms with E-state index in [0.29, 0.717) is 6.61 Å². The number of rotatable bonds is 28. The Labute approximate surface area is 209 Å². The number of aliphatic hydroxyl groups is 2. The van der Waals surface area contributed by atoms with Gasteiger partial charge < -0.3 is 14.9 Å². The molecule has 0 aliphatic carbocycles. The highest BCUT2D eigenvalue weighted by molar-refractivity contribution is 8.76. The largest absolute Gasteiger partial charge is 0.394 e. The summed E-state index contributed by atoms with van der Waals surface area (Å²) in [6.07, 6.45) is 26.9. The first-order valence-corrected chi connectivity index (χ1v) is 16.4. The molecule has 0 aromatic heterocycles. The maximum atomic E-state index is 9.17. The van der Waals surface area contributed by atoms with Crippen molar-refractivity contribution in [2.24, 2.45) is 0 Å². The van der Waals surface area contributed by atoms with Gasteiger partial charge in [0.05, 0.1) is 13.2 Å². The Hall–Kier alpha value is 0.580. The molecule has 32 heavy (non-hydrogen) atoms. The summed E-state index contributed by atoms with van der Waals surface area (Å²) in [6.45, 7) is 3.04. The molecule has 0 aromatic rings. The van der Waals surface area contributed by atoms with Gasteiger partial charge >= 0.3 is 0 Å². The van der Waals surface area contributed by atoms with Crippen LogP contribution in [0.4, 0.5) is 0 Å². The molecule has 0 spiro atoms. The van der Waals surface area contributed by atoms with E-state index in [1.165, 1.54) is 134 Å². The van der Waals surface area contributed by atoms with Gasteiger partial charge in [-0.25, -0.2) is 0 Å². The van der Waals surface area contributed by atoms with Gasteiger partial charge in [-0.2, -0.15) is 0 Å². The Kier molecular flexibility index (Phi) is 30.1. The van der Waals surface area contributed by atoms with Crippen LogP contribution in [0.2, 0.25) is 0 Å². The van der Waals surface area contributed by atoms with E-state index in [2.05, 4.69) is 28.5 Å². The smallest absolute Gasteiger partial charge is 0.100 e. The highest BCUT2D eigenvalue weighted by atomic mass is 33.1. The maximum absolute atomic E-state index is 9.17. The molecule has 1 atom stereocenters. The Bertz CT molecular complexity index is 332. The molecular weight excluding hydrogens is 436 g/mol. The number of hydrogen-bond donors (Lipinski definition) is 2. The van der Waals surface area contributed by atoms with E-state index in [0.717, 1.165) is 6.42 Å². The second-order valence-corrected chi connectivity index (χ2v) is 12.0. The van der Waals surface area contributed by atoms with Crippen molar-refractivity contribution >= 4 is 21.6 Å². The summed E-state index contributed by atoms with van der Waals surface area (Å²) in [6, 6.07) is 0. The molecule has 1 unspecified atom stereocenters. The van der Waals surface area contributed by atoms with E-state index >= 15 is 0 Å². The SMILES string of the molecule is CCCCCCCCCCCCSSCCCCCCCCCCCCOCC(O)CO. The first kappa shape index (κ1) is 32.6. The summed E-state index contributed by atoms with van der Waals surface area (Å²) >= 11 is 0. The Morgan fingerprint density at radius 3 is 1.34 bits per heavy atom. The zero-order chi connectivity index (χ0) is 23.4. The molecule has 0 radical (unpaired) electrons. The van der Waals surface area contributed by atoms with E-state index in [1.807, 2.05) is 0 Å². The van der Waals surface area contributed by atoms with Crippen molar-refractivity contribution in [3.8, 4) is 0 Å². The molecule has 0 heterocycles. The van der Waals surface area contributed by atoms with Gasteiger partial charge in [0.25, 0.3) is 0 Å². The van der Waals surface area contributed by atoms with E-state index < -0.39 is 6.10 Å². The number of aliphatic hydroxyl groups excluding tert-OH is 2.